The molecule has 1 aromatic heterocycles. The first-order valence-electron chi connectivity index (χ1n) is 10.5. The predicted molar refractivity (Wildman–Crippen MR) is 122 cm³/mol. The molecule has 0 radical (unpaired) electrons. The minimum atomic E-state index is -1.05. The molecule has 168 valence electrons. The van der Waals surface area contributed by atoms with E-state index in [2.05, 4.69) is 39.7 Å². The van der Waals surface area contributed by atoms with E-state index in [1.807, 2.05) is 27.7 Å². The molecule has 1 aliphatic heterocycles. The standard InChI is InChI=1S/C23H35BrN2O4/c1-14(2)29-21(28)20(30-22(4,5)6)17-16(13-27)25-15(3)18(24)19(17)26-11-9-23(7,8)10-12-26/h13-14,20H,9-12H2,1-8H3. The van der Waals surface area contributed by atoms with Crippen LogP contribution in [-0.2, 0) is 14.3 Å². The molecule has 1 unspecified atom stereocenters. The Morgan fingerprint density at radius 3 is 2.27 bits per heavy atom. The Bertz CT molecular complexity index is 789. The van der Waals surface area contributed by atoms with Gasteiger partial charge >= 0.3 is 5.97 Å². The summed E-state index contributed by atoms with van der Waals surface area (Å²) in [5.41, 5.74) is 1.83. The second kappa shape index (κ2) is 9.35. The van der Waals surface area contributed by atoms with Gasteiger partial charge in [0.2, 0.25) is 0 Å². The van der Waals surface area contributed by atoms with Gasteiger partial charge in [0.25, 0.3) is 0 Å². The Balaban J connectivity index is 2.68. The first-order valence-corrected chi connectivity index (χ1v) is 11.3. The van der Waals surface area contributed by atoms with Crippen LogP contribution in [0.2, 0.25) is 0 Å². The number of ether oxygens (including phenoxy) is 2. The Labute approximate surface area is 188 Å². The molecule has 7 heteroatoms. The fraction of sp³-hybridized carbons (Fsp3) is 0.696. The molecule has 0 N–H and O–H groups in total. The van der Waals surface area contributed by atoms with Crippen LogP contribution in [0.25, 0.3) is 0 Å². The number of hydrogen-bond acceptors (Lipinski definition) is 6. The lowest BCUT2D eigenvalue weighted by Gasteiger charge is -2.40. The van der Waals surface area contributed by atoms with Gasteiger partial charge < -0.3 is 14.4 Å². The van der Waals surface area contributed by atoms with Gasteiger partial charge in [-0.3, -0.25) is 4.79 Å². The number of halogens is 1. The summed E-state index contributed by atoms with van der Waals surface area (Å²) in [7, 11) is 0. The van der Waals surface area contributed by atoms with Crippen LogP contribution in [0.4, 0.5) is 5.69 Å². The van der Waals surface area contributed by atoms with Crippen LogP contribution in [0.15, 0.2) is 4.47 Å². The molecule has 0 spiro atoms. The molecule has 2 rings (SSSR count). The smallest absolute Gasteiger partial charge is 0.340 e. The van der Waals surface area contributed by atoms with Crippen molar-refractivity contribution < 1.29 is 19.1 Å². The fourth-order valence-corrected chi connectivity index (χ4v) is 4.12. The van der Waals surface area contributed by atoms with Gasteiger partial charge in [-0.2, -0.15) is 0 Å². The highest BCUT2D eigenvalue weighted by Gasteiger charge is 2.37. The second-order valence-corrected chi connectivity index (χ2v) is 10.8. The number of rotatable bonds is 6. The number of pyridine rings is 1. The largest absolute Gasteiger partial charge is 0.461 e. The molecule has 1 aromatic rings. The topological polar surface area (TPSA) is 68.7 Å². The van der Waals surface area contributed by atoms with Crippen LogP contribution in [-0.4, -0.2) is 42.0 Å². The molecule has 0 aliphatic carbocycles. The predicted octanol–water partition coefficient (Wildman–Crippen LogP) is 5.40. The molecule has 0 amide bonds. The molecule has 0 saturated carbocycles. The third-order valence-corrected chi connectivity index (χ3v) is 6.14. The van der Waals surface area contributed by atoms with Crippen LogP contribution in [0.1, 0.15) is 89.2 Å². The van der Waals surface area contributed by atoms with E-state index in [-0.39, 0.29) is 17.2 Å². The summed E-state index contributed by atoms with van der Waals surface area (Å²) < 4.78 is 12.5. The van der Waals surface area contributed by atoms with Crippen molar-refractivity contribution >= 4 is 33.9 Å². The lowest BCUT2D eigenvalue weighted by atomic mass is 9.82. The molecule has 6 nitrogen and oxygen atoms in total. The van der Waals surface area contributed by atoms with E-state index in [1.165, 1.54) is 0 Å². The van der Waals surface area contributed by atoms with Crippen molar-refractivity contribution in [2.45, 2.75) is 86.0 Å². The highest BCUT2D eigenvalue weighted by atomic mass is 79.9. The normalized spacial score (nSPS) is 17.7. The van der Waals surface area contributed by atoms with Crippen molar-refractivity contribution in [2.75, 3.05) is 18.0 Å². The lowest BCUT2D eigenvalue weighted by molar-refractivity contribution is -0.171. The second-order valence-electron chi connectivity index (χ2n) is 10.0. The number of piperidine rings is 1. The molecule has 2 heterocycles. The van der Waals surface area contributed by atoms with Crippen LogP contribution in [0.5, 0.6) is 0 Å². The number of aromatic nitrogens is 1. The zero-order valence-corrected chi connectivity index (χ0v) is 21.1. The van der Waals surface area contributed by atoms with Gasteiger partial charge in [0, 0.05) is 18.7 Å². The SMILES string of the molecule is Cc1nc(C=O)c(C(OC(C)(C)C)C(=O)OC(C)C)c(N2CCC(C)(C)CC2)c1Br. The maximum atomic E-state index is 13.1. The Morgan fingerprint density at radius 1 is 1.23 bits per heavy atom. The lowest BCUT2D eigenvalue weighted by Crippen LogP contribution is -2.39. The number of nitrogens with zero attached hydrogens (tertiary/aromatic N) is 2. The van der Waals surface area contributed by atoms with Crippen molar-refractivity contribution in [3.63, 3.8) is 0 Å². The van der Waals surface area contributed by atoms with E-state index in [9.17, 15) is 9.59 Å². The number of anilines is 1. The average Bonchev–Trinajstić information content (AvgIpc) is 2.60. The van der Waals surface area contributed by atoms with Crippen molar-refractivity contribution in [1.29, 1.82) is 0 Å². The number of hydrogen-bond donors (Lipinski definition) is 0. The Hall–Kier alpha value is -1.47. The summed E-state index contributed by atoms with van der Waals surface area (Å²) in [5.74, 6) is -0.515. The number of aldehydes is 1. The number of carbonyl (C=O) groups excluding carboxylic acids is 2. The quantitative estimate of drug-likeness (QED) is 0.399. The van der Waals surface area contributed by atoms with Crippen LogP contribution >= 0.6 is 15.9 Å². The van der Waals surface area contributed by atoms with Crippen LogP contribution in [0.3, 0.4) is 0 Å². The molecular weight excluding hydrogens is 448 g/mol. The van der Waals surface area contributed by atoms with E-state index < -0.39 is 17.7 Å². The molecular formula is C23H35BrN2O4. The van der Waals surface area contributed by atoms with Gasteiger partial charge in [-0.05, 0) is 75.7 Å². The van der Waals surface area contributed by atoms with Gasteiger partial charge in [0.05, 0.1) is 27.6 Å². The summed E-state index contributed by atoms with van der Waals surface area (Å²) in [4.78, 5) is 31.8. The van der Waals surface area contributed by atoms with Gasteiger partial charge in [0.1, 0.15) is 5.69 Å². The van der Waals surface area contributed by atoms with Crippen molar-refractivity contribution in [3.8, 4) is 0 Å². The van der Waals surface area contributed by atoms with E-state index in [0.29, 0.717) is 17.5 Å². The zero-order valence-electron chi connectivity index (χ0n) is 19.5. The summed E-state index contributed by atoms with van der Waals surface area (Å²) in [6, 6.07) is 0. The molecule has 1 saturated heterocycles. The first kappa shape index (κ1) is 24.8. The molecule has 1 atom stereocenters. The highest BCUT2D eigenvalue weighted by molar-refractivity contribution is 9.10. The summed E-state index contributed by atoms with van der Waals surface area (Å²) in [6.07, 6.45) is 1.37. The zero-order chi connectivity index (χ0) is 22.9. The average molecular weight is 483 g/mol. The number of aryl methyl sites for hydroxylation is 1. The summed E-state index contributed by atoms with van der Waals surface area (Å²) >= 11 is 3.68. The highest BCUT2D eigenvalue weighted by Crippen LogP contribution is 2.43. The molecule has 30 heavy (non-hydrogen) atoms. The van der Waals surface area contributed by atoms with Gasteiger partial charge in [-0.1, -0.05) is 13.8 Å². The Morgan fingerprint density at radius 2 is 1.80 bits per heavy atom. The number of carbonyl (C=O) groups is 2. The molecule has 0 aromatic carbocycles. The fourth-order valence-electron chi connectivity index (χ4n) is 3.57. The maximum Gasteiger partial charge on any atom is 0.340 e. The van der Waals surface area contributed by atoms with Crippen LogP contribution in [0, 0.1) is 12.3 Å². The van der Waals surface area contributed by atoms with E-state index in [1.54, 1.807) is 13.8 Å². The minimum absolute atomic E-state index is 0.213. The van der Waals surface area contributed by atoms with E-state index >= 15 is 0 Å². The van der Waals surface area contributed by atoms with Crippen molar-refractivity contribution in [1.82, 2.24) is 4.98 Å². The number of esters is 1. The first-order chi connectivity index (χ1) is 13.8. The molecule has 0 bridgehead atoms. The van der Waals surface area contributed by atoms with Crippen molar-refractivity contribution in [3.05, 3.63) is 21.4 Å². The van der Waals surface area contributed by atoms with Crippen LogP contribution < -0.4 is 4.90 Å². The molecule has 1 fully saturated rings. The van der Waals surface area contributed by atoms with Gasteiger partial charge in [0.15, 0.2) is 12.4 Å². The van der Waals surface area contributed by atoms with E-state index in [0.717, 1.165) is 36.1 Å². The summed E-state index contributed by atoms with van der Waals surface area (Å²) in [5, 5.41) is 0. The monoisotopic (exact) mass is 482 g/mol. The third-order valence-electron chi connectivity index (χ3n) is 5.19. The van der Waals surface area contributed by atoms with Gasteiger partial charge in [-0.15, -0.1) is 0 Å². The third kappa shape index (κ3) is 6.03. The minimum Gasteiger partial charge on any atom is -0.461 e. The molecule has 1 aliphatic rings. The van der Waals surface area contributed by atoms with Gasteiger partial charge in [-0.25, -0.2) is 9.78 Å². The van der Waals surface area contributed by atoms with E-state index in [4.69, 9.17) is 9.47 Å². The van der Waals surface area contributed by atoms with Crippen molar-refractivity contribution in [2.24, 2.45) is 5.41 Å². The maximum absolute atomic E-state index is 13.1. The summed E-state index contributed by atoms with van der Waals surface area (Å²) in [6.45, 7) is 17.2. The Kier molecular flexibility index (Phi) is 7.73.